The largest absolute Gasteiger partial charge is 0.507 e. The highest BCUT2D eigenvalue weighted by molar-refractivity contribution is 5.99. The maximum atomic E-state index is 12.8. The highest BCUT2D eigenvalue weighted by atomic mass is 19.3. The predicted molar refractivity (Wildman–Crippen MR) is 85.9 cm³/mol. The first-order valence-electron chi connectivity index (χ1n) is 7.77. The van der Waals surface area contributed by atoms with E-state index in [2.05, 4.69) is 0 Å². The first-order chi connectivity index (χ1) is 10.8. The minimum absolute atomic E-state index is 0.00986. The van der Waals surface area contributed by atoms with Gasteiger partial charge in [-0.15, -0.1) is 0 Å². The van der Waals surface area contributed by atoms with E-state index in [1.54, 1.807) is 18.2 Å². The number of carbonyl (C=O) groups is 1. The summed E-state index contributed by atoms with van der Waals surface area (Å²) in [6, 6.07) is 6.22. The fourth-order valence-electron chi connectivity index (χ4n) is 2.26. The number of allylic oxidation sites excluding steroid dienone is 1. The maximum absolute atomic E-state index is 12.8. The van der Waals surface area contributed by atoms with Crippen molar-refractivity contribution < 1.29 is 23.8 Å². The summed E-state index contributed by atoms with van der Waals surface area (Å²) in [4.78, 5) is 12.1. The van der Waals surface area contributed by atoms with Gasteiger partial charge in [-0.25, -0.2) is 8.78 Å². The molecule has 3 nitrogen and oxygen atoms in total. The van der Waals surface area contributed by atoms with Crippen molar-refractivity contribution in [1.29, 1.82) is 0 Å². The van der Waals surface area contributed by atoms with Crippen LogP contribution in [-0.4, -0.2) is 28.0 Å². The minimum atomic E-state index is -2.85. The standard InChI is InChI=1S/C18H24F2O3/c1-3-4-7-13(12-18(2,23)17(19)20)10-11-16(22)14-8-5-6-9-15(14)21/h5-6,8-10,17,21,23H,3-4,7,11-12H2,1-2H3/b13-10-. The number of phenolic OH excluding ortho intramolecular Hbond substituents is 1. The number of carbonyl (C=O) groups excluding carboxylic acids is 1. The number of aromatic hydroxyl groups is 1. The van der Waals surface area contributed by atoms with Gasteiger partial charge in [0, 0.05) is 12.8 Å². The quantitative estimate of drug-likeness (QED) is 0.519. The molecule has 0 saturated carbocycles. The van der Waals surface area contributed by atoms with Crippen LogP contribution in [-0.2, 0) is 0 Å². The molecule has 2 N–H and O–H groups in total. The van der Waals surface area contributed by atoms with Crippen molar-refractivity contribution in [2.45, 2.75) is 58.0 Å². The van der Waals surface area contributed by atoms with Crippen molar-refractivity contribution in [3.8, 4) is 5.75 Å². The van der Waals surface area contributed by atoms with Gasteiger partial charge >= 0.3 is 0 Å². The number of alkyl halides is 2. The molecule has 0 aliphatic rings. The zero-order valence-corrected chi connectivity index (χ0v) is 13.6. The Bertz CT molecular complexity index is 551. The van der Waals surface area contributed by atoms with Crippen molar-refractivity contribution in [1.82, 2.24) is 0 Å². The highest BCUT2D eigenvalue weighted by Gasteiger charge is 2.32. The average Bonchev–Trinajstić information content (AvgIpc) is 2.49. The molecular formula is C18H24F2O3. The number of aliphatic hydroxyl groups is 1. The summed E-state index contributed by atoms with van der Waals surface area (Å²) in [5.74, 6) is -0.380. The van der Waals surface area contributed by atoms with Crippen LogP contribution in [0.1, 0.15) is 56.3 Å². The van der Waals surface area contributed by atoms with E-state index >= 15 is 0 Å². The summed E-state index contributed by atoms with van der Waals surface area (Å²) in [5.41, 5.74) is -1.25. The lowest BCUT2D eigenvalue weighted by molar-refractivity contribution is -0.0824. The number of rotatable bonds is 9. The van der Waals surface area contributed by atoms with Gasteiger partial charge in [0.05, 0.1) is 5.56 Å². The van der Waals surface area contributed by atoms with E-state index in [1.807, 2.05) is 6.92 Å². The Morgan fingerprint density at radius 2 is 2.00 bits per heavy atom. The Morgan fingerprint density at radius 1 is 1.35 bits per heavy atom. The van der Waals surface area contributed by atoms with Crippen LogP contribution in [0.15, 0.2) is 35.9 Å². The molecule has 0 bridgehead atoms. The summed E-state index contributed by atoms with van der Waals surface area (Å²) < 4.78 is 25.7. The monoisotopic (exact) mass is 326 g/mol. The smallest absolute Gasteiger partial charge is 0.266 e. The van der Waals surface area contributed by atoms with Crippen LogP contribution in [0.4, 0.5) is 8.78 Å². The topological polar surface area (TPSA) is 57.5 Å². The molecule has 0 aromatic heterocycles. The molecule has 1 atom stereocenters. The van der Waals surface area contributed by atoms with Gasteiger partial charge in [-0.2, -0.15) is 0 Å². The van der Waals surface area contributed by atoms with E-state index in [-0.39, 0.29) is 29.9 Å². The van der Waals surface area contributed by atoms with Crippen LogP contribution < -0.4 is 0 Å². The number of phenols is 1. The Hall–Kier alpha value is -1.75. The van der Waals surface area contributed by atoms with Gasteiger partial charge < -0.3 is 10.2 Å². The number of benzene rings is 1. The molecule has 5 heteroatoms. The van der Waals surface area contributed by atoms with Crippen LogP contribution >= 0.6 is 0 Å². The van der Waals surface area contributed by atoms with E-state index in [1.165, 1.54) is 12.1 Å². The van der Waals surface area contributed by atoms with E-state index in [9.17, 15) is 23.8 Å². The molecule has 23 heavy (non-hydrogen) atoms. The van der Waals surface area contributed by atoms with E-state index in [4.69, 9.17) is 0 Å². The molecule has 0 amide bonds. The number of hydrogen-bond donors (Lipinski definition) is 2. The van der Waals surface area contributed by atoms with Crippen LogP contribution in [0.3, 0.4) is 0 Å². The normalized spacial score (nSPS) is 14.8. The number of ketones is 1. The van der Waals surface area contributed by atoms with Gasteiger partial charge in [-0.3, -0.25) is 4.79 Å². The second kappa shape index (κ2) is 8.77. The van der Waals surface area contributed by atoms with Gasteiger partial charge in [-0.1, -0.05) is 37.1 Å². The Kier molecular flexibility index (Phi) is 7.36. The first kappa shape index (κ1) is 19.3. The van der Waals surface area contributed by atoms with Gasteiger partial charge in [0.25, 0.3) is 6.43 Å². The third kappa shape index (κ3) is 6.10. The summed E-state index contributed by atoms with van der Waals surface area (Å²) in [7, 11) is 0. The summed E-state index contributed by atoms with van der Waals surface area (Å²) in [6.07, 6.45) is 0.849. The number of halogens is 2. The van der Waals surface area contributed by atoms with Crippen LogP contribution in [0, 0.1) is 0 Å². The van der Waals surface area contributed by atoms with E-state index < -0.39 is 12.0 Å². The van der Waals surface area contributed by atoms with Crippen molar-refractivity contribution in [3.05, 3.63) is 41.5 Å². The molecule has 0 fully saturated rings. The van der Waals surface area contributed by atoms with E-state index in [0.29, 0.717) is 12.0 Å². The summed E-state index contributed by atoms with van der Waals surface area (Å²) in [5, 5.41) is 19.4. The molecule has 1 rings (SSSR count). The molecular weight excluding hydrogens is 302 g/mol. The molecule has 0 aliphatic carbocycles. The molecule has 0 radical (unpaired) electrons. The average molecular weight is 326 g/mol. The number of para-hydroxylation sites is 1. The van der Waals surface area contributed by atoms with Gasteiger partial charge in [-0.05, 0) is 31.9 Å². The highest BCUT2D eigenvalue weighted by Crippen LogP contribution is 2.27. The summed E-state index contributed by atoms with van der Waals surface area (Å²) in [6.45, 7) is 3.08. The molecule has 1 unspecified atom stereocenters. The summed E-state index contributed by atoms with van der Waals surface area (Å²) >= 11 is 0. The molecule has 0 heterocycles. The molecule has 0 aliphatic heterocycles. The minimum Gasteiger partial charge on any atom is -0.507 e. The van der Waals surface area contributed by atoms with Crippen LogP contribution in [0.5, 0.6) is 5.75 Å². The fraction of sp³-hybridized carbons (Fsp3) is 0.500. The molecule has 0 saturated heterocycles. The number of Topliss-reactive ketones (excluding diaryl/α,β-unsaturated/α-hetero) is 1. The fourth-order valence-corrected chi connectivity index (χ4v) is 2.26. The van der Waals surface area contributed by atoms with Crippen molar-refractivity contribution in [3.63, 3.8) is 0 Å². The second-order valence-corrected chi connectivity index (χ2v) is 5.95. The van der Waals surface area contributed by atoms with Crippen LogP contribution in [0.25, 0.3) is 0 Å². The molecule has 128 valence electrons. The SMILES string of the molecule is CCCC/C(=C/CC(=O)c1ccccc1O)CC(C)(O)C(F)F. The third-order valence-corrected chi connectivity index (χ3v) is 3.69. The van der Waals surface area contributed by atoms with Crippen molar-refractivity contribution in [2.75, 3.05) is 0 Å². The Labute approximate surface area is 135 Å². The van der Waals surface area contributed by atoms with Gasteiger partial charge in [0.2, 0.25) is 0 Å². The zero-order chi connectivity index (χ0) is 17.5. The molecule has 0 spiro atoms. The van der Waals surface area contributed by atoms with E-state index in [0.717, 1.165) is 19.8 Å². The van der Waals surface area contributed by atoms with Gasteiger partial charge in [0.1, 0.15) is 11.4 Å². The lowest BCUT2D eigenvalue weighted by Crippen LogP contribution is -2.33. The molecule has 1 aromatic rings. The zero-order valence-electron chi connectivity index (χ0n) is 13.6. The lowest BCUT2D eigenvalue weighted by Gasteiger charge is -2.23. The third-order valence-electron chi connectivity index (χ3n) is 3.69. The lowest BCUT2D eigenvalue weighted by atomic mass is 9.92. The first-order valence-corrected chi connectivity index (χ1v) is 7.77. The molecule has 1 aromatic carbocycles. The van der Waals surface area contributed by atoms with Crippen molar-refractivity contribution in [2.24, 2.45) is 0 Å². The van der Waals surface area contributed by atoms with Crippen molar-refractivity contribution >= 4 is 5.78 Å². The number of unbranched alkanes of at least 4 members (excludes halogenated alkanes) is 1. The van der Waals surface area contributed by atoms with Crippen LogP contribution in [0.2, 0.25) is 0 Å². The predicted octanol–water partition coefficient (Wildman–Crippen LogP) is 4.49. The Morgan fingerprint density at radius 3 is 2.57 bits per heavy atom. The Balaban J connectivity index is 2.84. The number of hydrogen-bond acceptors (Lipinski definition) is 3. The maximum Gasteiger partial charge on any atom is 0.266 e. The van der Waals surface area contributed by atoms with Gasteiger partial charge in [0.15, 0.2) is 5.78 Å². The second-order valence-electron chi connectivity index (χ2n) is 5.95.